The molecule has 0 amide bonds. The average molecular weight is 205 g/mol. The molecular weight excluding hydrogens is 190 g/mol. The fourth-order valence-corrected chi connectivity index (χ4v) is 1.17. The minimum Gasteiger partial charge on any atom is -0.466 e. The highest BCUT2D eigenvalue weighted by atomic mass is 16.5. The van der Waals surface area contributed by atoms with Crippen LogP contribution in [-0.2, 0) is 16.1 Å². The van der Waals surface area contributed by atoms with E-state index in [0.29, 0.717) is 6.54 Å². The molecule has 0 aliphatic heterocycles. The highest BCUT2D eigenvalue weighted by Gasteiger charge is 1.94. The fourth-order valence-electron chi connectivity index (χ4n) is 1.17. The predicted molar refractivity (Wildman–Crippen MR) is 59.2 cm³/mol. The molecule has 0 fully saturated rings. The van der Waals surface area contributed by atoms with Crippen LogP contribution in [-0.4, -0.2) is 13.1 Å². The summed E-state index contributed by atoms with van der Waals surface area (Å²) in [6.45, 7) is 2.77. The molecule has 15 heavy (non-hydrogen) atoms. The predicted octanol–water partition coefficient (Wildman–Crippen LogP) is 1.77. The molecule has 0 aliphatic carbocycles. The minimum atomic E-state index is -0.354. The molecule has 0 spiro atoms. The van der Waals surface area contributed by atoms with E-state index < -0.39 is 0 Å². The number of hydrogen-bond donors (Lipinski definition) is 1. The highest BCUT2D eigenvalue weighted by molar-refractivity contribution is 5.81. The monoisotopic (exact) mass is 205 g/mol. The molecule has 1 N–H and O–H groups in total. The van der Waals surface area contributed by atoms with Crippen LogP contribution in [0.25, 0.3) is 0 Å². The maximum absolute atomic E-state index is 10.7. The number of carbonyl (C=O) groups excluding carboxylic acids is 1. The first kappa shape index (κ1) is 11.3. The zero-order chi connectivity index (χ0) is 11.1. The third kappa shape index (κ3) is 3.85. The Morgan fingerprint density at radius 2 is 2.20 bits per heavy atom. The highest BCUT2D eigenvalue weighted by Crippen LogP contribution is 2.05. The number of carbonyl (C=O) groups is 1. The van der Waals surface area contributed by atoms with Gasteiger partial charge in [0.1, 0.15) is 0 Å². The molecule has 0 radical (unpaired) electrons. The van der Waals surface area contributed by atoms with Crippen LogP contribution in [0.15, 0.2) is 36.5 Å². The molecule has 0 aliphatic rings. The number of nitrogens with one attached hydrogen (secondary N) is 1. The molecule has 3 nitrogen and oxygen atoms in total. The minimum absolute atomic E-state index is 0.354. The van der Waals surface area contributed by atoms with Gasteiger partial charge in [-0.15, -0.1) is 0 Å². The molecule has 1 aromatic rings. The summed E-state index contributed by atoms with van der Waals surface area (Å²) in [4.78, 5) is 10.7. The van der Waals surface area contributed by atoms with Gasteiger partial charge in [-0.05, 0) is 18.1 Å². The first-order valence-electron chi connectivity index (χ1n) is 4.76. The maximum Gasteiger partial charge on any atom is 0.331 e. The van der Waals surface area contributed by atoms with Crippen molar-refractivity contribution in [2.75, 3.05) is 7.11 Å². The number of ether oxygens (including phenoxy) is 1. The van der Waals surface area contributed by atoms with Crippen molar-refractivity contribution in [3.8, 4) is 0 Å². The van der Waals surface area contributed by atoms with Crippen molar-refractivity contribution < 1.29 is 9.53 Å². The van der Waals surface area contributed by atoms with Crippen molar-refractivity contribution >= 4 is 5.97 Å². The van der Waals surface area contributed by atoms with Crippen molar-refractivity contribution in [2.24, 2.45) is 0 Å². The Morgan fingerprint density at radius 1 is 1.47 bits per heavy atom. The van der Waals surface area contributed by atoms with E-state index in [9.17, 15) is 4.79 Å². The van der Waals surface area contributed by atoms with Gasteiger partial charge in [-0.2, -0.15) is 0 Å². The van der Waals surface area contributed by atoms with Crippen molar-refractivity contribution in [2.45, 2.75) is 13.5 Å². The Hall–Kier alpha value is -1.77. The number of rotatable bonds is 4. The van der Waals surface area contributed by atoms with Gasteiger partial charge >= 0.3 is 5.97 Å². The summed E-state index contributed by atoms with van der Waals surface area (Å²) >= 11 is 0. The third-order valence-corrected chi connectivity index (χ3v) is 2.09. The molecule has 1 rings (SSSR count). The lowest BCUT2D eigenvalue weighted by molar-refractivity contribution is -0.134. The SMILES string of the molecule is COC(=O)/C=C/NCc1ccccc1C. The molecule has 0 unspecified atom stereocenters. The maximum atomic E-state index is 10.7. The second-order valence-corrected chi connectivity index (χ2v) is 3.16. The van der Waals surface area contributed by atoms with Crippen molar-refractivity contribution in [1.82, 2.24) is 5.32 Å². The zero-order valence-electron chi connectivity index (χ0n) is 8.99. The molecule has 0 saturated carbocycles. The van der Waals surface area contributed by atoms with Crippen LogP contribution in [0.3, 0.4) is 0 Å². The molecule has 0 atom stereocenters. The van der Waals surface area contributed by atoms with E-state index in [-0.39, 0.29) is 5.97 Å². The van der Waals surface area contributed by atoms with Crippen LogP contribution in [0.4, 0.5) is 0 Å². The van der Waals surface area contributed by atoms with Crippen LogP contribution in [0.2, 0.25) is 0 Å². The zero-order valence-corrected chi connectivity index (χ0v) is 8.99. The van der Waals surface area contributed by atoms with Crippen LogP contribution >= 0.6 is 0 Å². The van der Waals surface area contributed by atoms with Gasteiger partial charge in [0.15, 0.2) is 0 Å². The summed E-state index contributed by atoms with van der Waals surface area (Å²) in [6.07, 6.45) is 2.95. The van der Waals surface area contributed by atoms with E-state index in [2.05, 4.69) is 23.0 Å². The second-order valence-electron chi connectivity index (χ2n) is 3.16. The van der Waals surface area contributed by atoms with Gasteiger partial charge < -0.3 is 10.1 Å². The van der Waals surface area contributed by atoms with Gasteiger partial charge in [-0.1, -0.05) is 24.3 Å². The Bertz CT molecular complexity index is 358. The second kappa shape index (κ2) is 5.86. The average Bonchev–Trinajstić information content (AvgIpc) is 2.26. The van der Waals surface area contributed by atoms with E-state index in [4.69, 9.17) is 0 Å². The topological polar surface area (TPSA) is 38.3 Å². The summed E-state index contributed by atoms with van der Waals surface area (Å²) in [5.74, 6) is -0.354. The normalized spacial score (nSPS) is 10.3. The molecule has 0 aromatic heterocycles. The largest absolute Gasteiger partial charge is 0.466 e. The van der Waals surface area contributed by atoms with Crippen LogP contribution in [0.1, 0.15) is 11.1 Å². The lowest BCUT2D eigenvalue weighted by atomic mass is 10.1. The molecule has 1 aromatic carbocycles. The number of methoxy groups -OCH3 is 1. The van der Waals surface area contributed by atoms with Crippen LogP contribution in [0.5, 0.6) is 0 Å². The van der Waals surface area contributed by atoms with E-state index in [1.165, 1.54) is 24.3 Å². The van der Waals surface area contributed by atoms with E-state index in [0.717, 1.165) is 0 Å². The van der Waals surface area contributed by atoms with Gasteiger partial charge in [0.2, 0.25) is 0 Å². The van der Waals surface area contributed by atoms with Gasteiger partial charge in [0.25, 0.3) is 0 Å². The van der Waals surface area contributed by atoms with Crippen molar-refractivity contribution in [1.29, 1.82) is 0 Å². The Balaban J connectivity index is 2.41. The van der Waals surface area contributed by atoms with Crippen LogP contribution in [0, 0.1) is 6.92 Å². The van der Waals surface area contributed by atoms with E-state index >= 15 is 0 Å². The molecule has 3 heteroatoms. The van der Waals surface area contributed by atoms with Gasteiger partial charge in [0, 0.05) is 18.8 Å². The Kier molecular flexibility index (Phi) is 4.41. The first-order valence-corrected chi connectivity index (χ1v) is 4.76. The molecule has 0 heterocycles. The number of benzene rings is 1. The fraction of sp³-hybridized carbons (Fsp3) is 0.250. The Labute approximate surface area is 89.8 Å². The quantitative estimate of drug-likeness (QED) is 0.601. The van der Waals surface area contributed by atoms with E-state index in [1.54, 1.807) is 6.20 Å². The van der Waals surface area contributed by atoms with Gasteiger partial charge in [-0.3, -0.25) is 0 Å². The third-order valence-electron chi connectivity index (χ3n) is 2.09. The van der Waals surface area contributed by atoms with Crippen molar-refractivity contribution in [3.05, 3.63) is 47.7 Å². The summed E-state index contributed by atoms with van der Waals surface area (Å²) < 4.78 is 4.46. The summed E-state index contributed by atoms with van der Waals surface area (Å²) in [5.41, 5.74) is 2.45. The standard InChI is InChI=1S/C12H15NO2/c1-10-5-3-4-6-11(10)9-13-8-7-12(14)15-2/h3-8,13H,9H2,1-2H3/b8-7+. The molecular formula is C12H15NO2. The first-order chi connectivity index (χ1) is 7.24. The van der Waals surface area contributed by atoms with Crippen LogP contribution < -0.4 is 5.32 Å². The smallest absolute Gasteiger partial charge is 0.331 e. The number of esters is 1. The number of hydrogen-bond acceptors (Lipinski definition) is 3. The molecule has 0 saturated heterocycles. The van der Waals surface area contributed by atoms with Gasteiger partial charge in [0.05, 0.1) is 7.11 Å². The summed E-state index contributed by atoms with van der Waals surface area (Å²) in [7, 11) is 1.36. The van der Waals surface area contributed by atoms with Crippen molar-refractivity contribution in [3.63, 3.8) is 0 Å². The summed E-state index contributed by atoms with van der Waals surface area (Å²) in [5, 5.41) is 3.03. The van der Waals surface area contributed by atoms with E-state index in [1.807, 2.05) is 18.2 Å². The molecule has 80 valence electrons. The summed E-state index contributed by atoms with van der Waals surface area (Å²) in [6, 6.07) is 8.10. The number of aryl methyl sites for hydroxylation is 1. The lowest BCUT2D eigenvalue weighted by Crippen LogP contribution is -2.07. The Morgan fingerprint density at radius 3 is 2.87 bits per heavy atom. The van der Waals surface area contributed by atoms with Gasteiger partial charge in [-0.25, -0.2) is 4.79 Å². The molecule has 0 bridgehead atoms. The lowest BCUT2D eigenvalue weighted by Gasteiger charge is -2.04.